The van der Waals surface area contributed by atoms with E-state index in [2.05, 4.69) is 70.0 Å². The molecule has 2 aromatic heterocycles. The molecule has 5 aromatic rings. The number of hydrogen-bond acceptors (Lipinski definition) is 2. The lowest BCUT2D eigenvalue weighted by Gasteiger charge is -2.11. The van der Waals surface area contributed by atoms with Gasteiger partial charge in [0.1, 0.15) is 0 Å². The van der Waals surface area contributed by atoms with Crippen LogP contribution in [0.1, 0.15) is 22.3 Å². The van der Waals surface area contributed by atoms with Gasteiger partial charge in [-0.3, -0.25) is 4.79 Å². The van der Waals surface area contributed by atoms with Gasteiger partial charge in [0, 0.05) is 52.7 Å². The third-order valence-electron chi connectivity index (χ3n) is 6.39. The number of carbonyl (C=O) groups excluding carboxylic acids is 1. The van der Waals surface area contributed by atoms with Crippen molar-refractivity contribution in [2.45, 2.75) is 19.5 Å². The molecule has 0 spiro atoms. The number of benzene rings is 3. The van der Waals surface area contributed by atoms with Gasteiger partial charge in [0.25, 0.3) is 5.91 Å². The Morgan fingerprint density at radius 1 is 0.966 bits per heavy atom. The van der Waals surface area contributed by atoms with Crippen LogP contribution >= 0.6 is 0 Å². The average molecular weight is 382 g/mol. The fraction of sp³-hybridized carbons (Fsp3) is 0.208. The van der Waals surface area contributed by atoms with E-state index in [4.69, 9.17) is 5.73 Å². The van der Waals surface area contributed by atoms with Crippen LogP contribution in [0.4, 0.5) is 0 Å². The molecule has 144 valence electrons. The van der Waals surface area contributed by atoms with Crippen molar-refractivity contribution in [2.24, 2.45) is 12.8 Å². The third-order valence-corrected chi connectivity index (χ3v) is 6.39. The molecule has 29 heavy (non-hydrogen) atoms. The molecule has 0 fully saturated rings. The predicted octanol–water partition coefficient (Wildman–Crippen LogP) is 4.03. The molecule has 0 radical (unpaired) electrons. The van der Waals surface area contributed by atoms with Crippen LogP contribution in [0.3, 0.4) is 0 Å². The highest BCUT2D eigenvalue weighted by Crippen LogP contribution is 2.44. The largest absolute Gasteiger partial charge is 0.348 e. The lowest BCUT2D eigenvalue weighted by molar-refractivity contribution is 0.0967. The minimum Gasteiger partial charge on any atom is -0.348 e. The van der Waals surface area contributed by atoms with E-state index in [0.29, 0.717) is 13.1 Å². The molecule has 0 aliphatic carbocycles. The molecule has 3 N–H and O–H groups in total. The molecule has 0 bridgehead atoms. The summed E-state index contributed by atoms with van der Waals surface area (Å²) in [4.78, 5) is 13.0. The maximum atomic E-state index is 13.0. The highest BCUT2D eigenvalue weighted by Gasteiger charge is 2.31. The molecule has 0 unspecified atom stereocenters. The molecule has 6 rings (SSSR count). The number of nitrogens with two attached hydrogens (primary N) is 1. The number of amides is 1. The van der Waals surface area contributed by atoms with Gasteiger partial charge in [-0.25, -0.2) is 0 Å². The van der Waals surface area contributed by atoms with Gasteiger partial charge >= 0.3 is 0 Å². The first-order chi connectivity index (χ1) is 14.2. The lowest BCUT2D eigenvalue weighted by Crippen LogP contribution is -2.12. The van der Waals surface area contributed by atoms with Crippen LogP contribution in [-0.2, 0) is 20.1 Å². The minimum atomic E-state index is 0.0292. The highest BCUT2D eigenvalue weighted by atomic mass is 16.1. The second-order valence-electron chi connectivity index (χ2n) is 7.87. The molecule has 5 heteroatoms. The molecular formula is C24H22N4O. The van der Waals surface area contributed by atoms with E-state index >= 15 is 0 Å². The Morgan fingerprint density at radius 3 is 2.41 bits per heavy atom. The first-order valence-corrected chi connectivity index (χ1v) is 10.1. The van der Waals surface area contributed by atoms with Crippen molar-refractivity contribution in [1.82, 2.24) is 14.5 Å². The number of nitrogens with one attached hydrogen (secondary N) is 1. The second kappa shape index (κ2) is 5.84. The third kappa shape index (κ3) is 2.00. The van der Waals surface area contributed by atoms with Gasteiger partial charge < -0.3 is 20.2 Å². The zero-order valence-electron chi connectivity index (χ0n) is 16.3. The van der Waals surface area contributed by atoms with Crippen LogP contribution in [0.5, 0.6) is 0 Å². The Hall–Kier alpha value is -3.31. The van der Waals surface area contributed by atoms with Crippen molar-refractivity contribution in [3.8, 4) is 0 Å². The molecule has 1 amide bonds. The standard InChI is InChI=1S/C24H22N4O/c1-27-17-9-4-2-7-14(17)19-16-13-26-24(29)21(16)20-15-8-3-5-10-18(15)28(12-6-11-25)23(20)22(19)27/h2-5,7-10H,6,11-13,25H2,1H3,(H,26,29). The van der Waals surface area contributed by atoms with Crippen LogP contribution in [0.15, 0.2) is 48.5 Å². The molecule has 3 heterocycles. The van der Waals surface area contributed by atoms with Crippen molar-refractivity contribution in [2.75, 3.05) is 6.54 Å². The first-order valence-electron chi connectivity index (χ1n) is 10.1. The van der Waals surface area contributed by atoms with Crippen LogP contribution in [-0.4, -0.2) is 21.6 Å². The summed E-state index contributed by atoms with van der Waals surface area (Å²) in [6.07, 6.45) is 0.891. The number of rotatable bonds is 3. The summed E-state index contributed by atoms with van der Waals surface area (Å²) < 4.78 is 4.65. The Labute approximate surface area is 167 Å². The first kappa shape index (κ1) is 16.6. The van der Waals surface area contributed by atoms with Crippen LogP contribution in [0.2, 0.25) is 0 Å². The Balaban J connectivity index is 1.97. The predicted molar refractivity (Wildman–Crippen MR) is 118 cm³/mol. The van der Waals surface area contributed by atoms with E-state index in [1.54, 1.807) is 0 Å². The summed E-state index contributed by atoms with van der Waals surface area (Å²) in [5, 5.41) is 7.69. The molecule has 0 atom stereocenters. The molecule has 0 saturated heterocycles. The topological polar surface area (TPSA) is 65.0 Å². The summed E-state index contributed by atoms with van der Waals surface area (Å²) in [7, 11) is 2.13. The van der Waals surface area contributed by atoms with Crippen molar-refractivity contribution < 1.29 is 4.79 Å². The van der Waals surface area contributed by atoms with Crippen molar-refractivity contribution in [3.05, 3.63) is 59.7 Å². The number of fused-ring (bicyclic) bond motifs is 10. The minimum absolute atomic E-state index is 0.0292. The van der Waals surface area contributed by atoms with Gasteiger partial charge in [-0.15, -0.1) is 0 Å². The molecular weight excluding hydrogens is 360 g/mol. The second-order valence-corrected chi connectivity index (χ2v) is 7.87. The highest BCUT2D eigenvalue weighted by molar-refractivity contribution is 6.30. The van der Waals surface area contributed by atoms with Crippen LogP contribution < -0.4 is 11.1 Å². The normalized spacial score (nSPS) is 13.8. The van der Waals surface area contributed by atoms with Crippen molar-refractivity contribution >= 4 is 49.5 Å². The summed E-state index contributed by atoms with van der Waals surface area (Å²) in [6.45, 7) is 2.05. The van der Waals surface area contributed by atoms with E-state index < -0.39 is 0 Å². The number of para-hydroxylation sites is 2. The fourth-order valence-electron chi connectivity index (χ4n) is 5.22. The monoisotopic (exact) mass is 382 g/mol. The molecule has 1 aliphatic heterocycles. The van der Waals surface area contributed by atoms with Gasteiger partial charge in [-0.2, -0.15) is 0 Å². The summed E-state index contributed by atoms with van der Waals surface area (Å²) in [5.74, 6) is 0.0292. The molecule has 5 nitrogen and oxygen atoms in total. The summed E-state index contributed by atoms with van der Waals surface area (Å²) in [5.41, 5.74) is 12.5. The quantitative estimate of drug-likeness (QED) is 0.495. The SMILES string of the molecule is Cn1c2ccccc2c2c3c(c4c5ccccc5n(CCCN)c4c21)C(=O)NC3. The summed E-state index contributed by atoms with van der Waals surface area (Å²) >= 11 is 0. The molecule has 3 aromatic carbocycles. The van der Waals surface area contributed by atoms with Gasteiger partial charge in [0.2, 0.25) is 0 Å². The van der Waals surface area contributed by atoms with Gasteiger partial charge in [0.15, 0.2) is 0 Å². The maximum Gasteiger partial charge on any atom is 0.252 e. The van der Waals surface area contributed by atoms with Gasteiger partial charge in [-0.05, 0) is 30.7 Å². The van der Waals surface area contributed by atoms with Gasteiger partial charge in [0.05, 0.1) is 16.6 Å². The smallest absolute Gasteiger partial charge is 0.252 e. The number of carbonyl (C=O) groups is 1. The molecule has 1 aliphatic rings. The number of nitrogens with zero attached hydrogens (tertiary/aromatic N) is 2. The van der Waals surface area contributed by atoms with E-state index in [1.165, 1.54) is 21.8 Å². The van der Waals surface area contributed by atoms with Crippen LogP contribution in [0, 0.1) is 0 Å². The van der Waals surface area contributed by atoms with Crippen molar-refractivity contribution in [1.29, 1.82) is 0 Å². The zero-order chi connectivity index (χ0) is 19.7. The zero-order valence-corrected chi connectivity index (χ0v) is 16.3. The lowest BCUT2D eigenvalue weighted by atomic mass is 9.97. The average Bonchev–Trinajstić information content (AvgIpc) is 3.38. The Morgan fingerprint density at radius 2 is 1.66 bits per heavy atom. The fourth-order valence-corrected chi connectivity index (χ4v) is 5.22. The van der Waals surface area contributed by atoms with Crippen LogP contribution in [0.25, 0.3) is 43.6 Å². The molecule has 0 saturated carbocycles. The van der Waals surface area contributed by atoms with E-state index in [1.807, 2.05) is 0 Å². The summed E-state index contributed by atoms with van der Waals surface area (Å²) in [6, 6.07) is 16.9. The van der Waals surface area contributed by atoms with Gasteiger partial charge in [-0.1, -0.05) is 36.4 Å². The number of aromatic nitrogens is 2. The van der Waals surface area contributed by atoms with E-state index in [0.717, 1.165) is 45.9 Å². The number of aryl methyl sites for hydroxylation is 2. The number of hydrogen-bond donors (Lipinski definition) is 2. The van der Waals surface area contributed by atoms with Crippen molar-refractivity contribution in [3.63, 3.8) is 0 Å². The Bertz CT molecular complexity index is 1470. The Kier molecular flexibility index (Phi) is 3.35. The van der Waals surface area contributed by atoms with E-state index in [-0.39, 0.29) is 5.91 Å². The maximum absolute atomic E-state index is 13.0. The van der Waals surface area contributed by atoms with E-state index in [9.17, 15) is 4.79 Å².